The summed E-state index contributed by atoms with van der Waals surface area (Å²) in [5.41, 5.74) is 10.9. The van der Waals surface area contributed by atoms with Crippen molar-refractivity contribution in [3.05, 3.63) is 60.8 Å². The number of anilines is 1. The predicted octanol–water partition coefficient (Wildman–Crippen LogP) is 3.08. The van der Waals surface area contributed by atoms with E-state index in [1.54, 1.807) is 31.0 Å². The summed E-state index contributed by atoms with van der Waals surface area (Å²) in [6, 6.07) is 10.2. The number of rotatable bonds is 3. The topological polar surface area (TPSA) is 56.7 Å². The molecule has 2 aromatic heterocycles. The molecule has 3 rings (SSSR count). The second kappa shape index (κ2) is 5.17. The normalized spacial score (nSPS) is 10.7. The Morgan fingerprint density at radius 1 is 1.05 bits per heavy atom. The molecule has 2 heterocycles. The average Bonchev–Trinajstić information content (AvgIpc) is 2.97. The van der Waals surface area contributed by atoms with Crippen molar-refractivity contribution in [3.63, 3.8) is 0 Å². The fourth-order valence-corrected chi connectivity index (χ4v) is 2.21. The predicted molar refractivity (Wildman–Crippen MR) is 80.6 cm³/mol. The number of nitrogens with two attached hydrogens (primary N) is 1. The van der Waals surface area contributed by atoms with Gasteiger partial charge >= 0.3 is 0 Å². The summed E-state index contributed by atoms with van der Waals surface area (Å²) in [5.74, 6) is 0. The van der Waals surface area contributed by atoms with Crippen LogP contribution < -0.4 is 5.73 Å². The summed E-state index contributed by atoms with van der Waals surface area (Å²) >= 11 is 0. The number of aryl methyl sites for hydroxylation is 1. The van der Waals surface area contributed by atoms with Crippen molar-refractivity contribution in [2.75, 3.05) is 5.73 Å². The van der Waals surface area contributed by atoms with Crippen LogP contribution in [0.5, 0.6) is 0 Å². The van der Waals surface area contributed by atoms with E-state index in [0.717, 1.165) is 23.4 Å². The number of nitrogens with zero attached hydrogens (tertiary/aromatic N) is 3. The van der Waals surface area contributed by atoms with E-state index in [1.165, 1.54) is 5.56 Å². The smallest absolute Gasteiger partial charge is 0.0997 e. The van der Waals surface area contributed by atoms with E-state index in [1.807, 2.05) is 4.57 Å². The number of pyridine rings is 1. The summed E-state index contributed by atoms with van der Waals surface area (Å²) in [5, 5.41) is 0. The molecule has 4 heteroatoms. The number of benzene rings is 1. The van der Waals surface area contributed by atoms with Crippen LogP contribution in [0.1, 0.15) is 12.5 Å². The first-order chi connectivity index (χ1) is 9.79. The van der Waals surface area contributed by atoms with Gasteiger partial charge in [-0.1, -0.05) is 19.1 Å². The van der Waals surface area contributed by atoms with Crippen molar-refractivity contribution in [2.45, 2.75) is 13.3 Å². The Labute approximate surface area is 117 Å². The monoisotopic (exact) mass is 264 g/mol. The maximum atomic E-state index is 6.02. The van der Waals surface area contributed by atoms with Crippen LogP contribution >= 0.6 is 0 Å². The lowest BCUT2D eigenvalue weighted by Gasteiger charge is -2.10. The van der Waals surface area contributed by atoms with Crippen LogP contribution in [0.15, 0.2) is 55.2 Å². The number of nitrogen functional groups attached to an aromatic ring is 1. The molecule has 0 fully saturated rings. The third-order valence-corrected chi connectivity index (χ3v) is 3.39. The molecule has 0 spiro atoms. The van der Waals surface area contributed by atoms with Crippen LogP contribution in [0.3, 0.4) is 0 Å². The van der Waals surface area contributed by atoms with Gasteiger partial charge in [0.05, 0.1) is 18.2 Å². The average molecular weight is 264 g/mol. The molecule has 20 heavy (non-hydrogen) atoms. The lowest BCUT2D eigenvalue weighted by molar-refractivity contribution is 1.05. The van der Waals surface area contributed by atoms with Gasteiger partial charge in [0.1, 0.15) is 0 Å². The summed E-state index contributed by atoms with van der Waals surface area (Å²) < 4.78 is 2.02. The summed E-state index contributed by atoms with van der Waals surface area (Å²) in [6.07, 6.45) is 8.09. The van der Waals surface area contributed by atoms with E-state index < -0.39 is 0 Å². The molecule has 3 aromatic rings. The summed E-state index contributed by atoms with van der Waals surface area (Å²) in [4.78, 5) is 8.38. The van der Waals surface area contributed by atoms with Gasteiger partial charge < -0.3 is 5.73 Å². The van der Waals surface area contributed by atoms with Gasteiger partial charge in [0, 0.05) is 29.3 Å². The molecular formula is C16H16N4. The second-order valence-electron chi connectivity index (χ2n) is 4.63. The second-order valence-corrected chi connectivity index (χ2v) is 4.63. The van der Waals surface area contributed by atoms with E-state index in [0.29, 0.717) is 5.69 Å². The zero-order chi connectivity index (χ0) is 13.9. The standard InChI is InChI=1S/C16H16N4/c1-2-12-3-5-13(6-4-12)20-11-19-10-16(20)14-9-18-8-7-15(14)17/h3-11H,2H2,1H3,(H2,17,18). The quantitative estimate of drug-likeness (QED) is 0.791. The highest BCUT2D eigenvalue weighted by Gasteiger charge is 2.09. The third-order valence-electron chi connectivity index (χ3n) is 3.39. The number of hydrogen-bond donors (Lipinski definition) is 1. The SMILES string of the molecule is CCc1ccc(-n2cncc2-c2cnccc2N)cc1. The van der Waals surface area contributed by atoms with Crippen LogP contribution in [-0.2, 0) is 6.42 Å². The molecule has 0 aliphatic carbocycles. The third kappa shape index (κ3) is 2.16. The van der Waals surface area contributed by atoms with Crippen molar-refractivity contribution in [1.29, 1.82) is 0 Å². The zero-order valence-electron chi connectivity index (χ0n) is 11.3. The Bertz CT molecular complexity index is 713. The van der Waals surface area contributed by atoms with Crippen LogP contribution in [0.25, 0.3) is 16.9 Å². The van der Waals surface area contributed by atoms with Gasteiger partial charge in [-0.2, -0.15) is 0 Å². The number of imidazole rings is 1. The summed E-state index contributed by atoms with van der Waals surface area (Å²) in [7, 11) is 0. The van der Waals surface area contributed by atoms with Gasteiger partial charge in [0.25, 0.3) is 0 Å². The van der Waals surface area contributed by atoms with Crippen molar-refractivity contribution in [1.82, 2.24) is 14.5 Å². The lowest BCUT2D eigenvalue weighted by atomic mass is 10.1. The Kier molecular flexibility index (Phi) is 3.21. The molecule has 0 saturated carbocycles. The first-order valence-electron chi connectivity index (χ1n) is 6.61. The largest absolute Gasteiger partial charge is 0.398 e. The van der Waals surface area contributed by atoms with Gasteiger partial charge in [-0.3, -0.25) is 9.55 Å². The van der Waals surface area contributed by atoms with E-state index in [4.69, 9.17) is 5.73 Å². The molecule has 1 aromatic carbocycles. The number of hydrogen-bond acceptors (Lipinski definition) is 3. The maximum absolute atomic E-state index is 6.02. The van der Waals surface area contributed by atoms with Gasteiger partial charge in [0.15, 0.2) is 0 Å². The molecule has 100 valence electrons. The molecule has 0 atom stereocenters. The highest BCUT2D eigenvalue weighted by atomic mass is 15.1. The fraction of sp³-hybridized carbons (Fsp3) is 0.125. The molecule has 0 aliphatic heterocycles. The fourth-order valence-electron chi connectivity index (χ4n) is 2.21. The van der Waals surface area contributed by atoms with Crippen molar-refractivity contribution in [2.24, 2.45) is 0 Å². The lowest BCUT2D eigenvalue weighted by Crippen LogP contribution is -1.98. The van der Waals surface area contributed by atoms with E-state index in [-0.39, 0.29) is 0 Å². The van der Waals surface area contributed by atoms with E-state index in [9.17, 15) is 0 Å². The van der Waals surface area contributed by atoms with Crippen LogP contribution in [-0.4, -0.2) is 14.5 Å². The molecule has 0 unspecified atom stereocenters. The highest BCUT2D eigenvalue weighted by molar-refractivity contribution is 5.73. The number of aromatic nitrogens is 3. The molecule has 0 bridgehead atoms. The molecule has 0 saturated heterocycles. The minimum Gasteiger partial charge on any atom is -0.398 e. The minimum absolute atomic E-state index is 0.701. The maximum Gasteiger partial charge on any atom is 0.0997 e. The Hall–Kier alpha value is -2.62. The Morgan fingerprint density at radius 3 is 2.55 bits per heavy atom. The van der Waals surface area contributed by atoms with E-state index >= 15 is 0 Å². The van der Waals surface area contributed by atoms with Crippen LogP contribution in [0.2, 0.25) is 0 Å². The van der Waals surface area contributed by atoms with Crippen molar-refractivity contribution < 1.29 is 0 Å². The molecule has 0 amide bonds. The Morgan fingerprint density at radius 2 is 1.85 bits per heavy atom. The molecule has 4 nitrogen and oxygen atoms in total. The minimum atomic E-state index is 0.701. The van der Waals surface area contributed by atoms with E-state index in [2.05, 4.69) is 41.2 Å². The molecule has 0 radical (unpaired) electrons. The molecular weight excluding hydrogens is 248 g/mol. The zero-order valence-corrected chi connectivity index (χ0v) is 11.3. The molecule has 0 aliphatic rings. The molecule has 2 N–H and O–H groups in total. The first-order valence-corrected chi connectivity index (χ1v) is 6.61. The van der Waals surface area contributed by atoms with Gasteiger partial charge in [-0.15, -0.1) is 0 Å². The van der Waals surface area contributed by atoms with Crippen molar-refractivity contribution >= 4 is 5.69 Å². The summed E-state index contributed by atoms with van der Waals surface area (Å²) in [6.45, 7) is 2.15. The van der Waals surface area contributed by atoms with Gasteiger partial charge in [-0.25, -0.2) is 4.98 Å². The highest BCUT2D eigenvalue weighted by Crippen LogP contribution is 2.26. The van der Waals surface area contributed by atoms with Crippen LogP contribution in [0.4, 0.5) is 5.69 Å². The van der Waals surface area contributed by atoms with Gasteiger partial charge in [-0.05, 0) is 30.2 Å². The van der Waals surface area contributed by atoms with Crippen molar-refractivity contribution in [3.8, 4) is 16.9 Å². The Balaban J connectivity index is 2.08. The van der Waals surface area contributed by atoms with Crippen LogP contribution in [0, 0.1) is 0 Å². The van der Waals surface area contributed by atoms with Gasteiger partial charge in [0.2, 0.25) is 0 Å². The first kappa shape index (κ1) is 12.4.